The van der Waals surface area contributed by atoms with Gasteiger partial charge in [-0.15, -0.1) is 11.8 Å². The third-order valence-corrected chi connectivity index (χ3v) is 3.25. The summed E-state index contributed by atoms with van der Waals surface area (Å²) in [5.74, 6) is -0.653. The van der Waals surface area contributed by atoms with Crippen LogP contribution < -0.4 is 0 Å². The minimum Gasteiger partial charge on any atom is -0.478 e. The molecule has 0 aliphatic rings. The molecule has 0 saturated carbocycles. The number of aromatic carboxylic acids is 1. The standard InChI is InChI=1S/C11H13FO2S/c1-7(2)6-15-9-5-3-4-8(12)10(9)11(13)14/h3-5,7H,6H2,1-2H3,(H,13,14). The van der Waals surface area contributed by atoms with E-state index in [-0.39, 0.29) is 5.56 Å². The van der Waals surface area contributed by atoms with Crippen LogP contribution in [0.3, 0.4) is 0 Å². The van der Waals surface area contributed by atoms with Crippen LogP contribution in [0.2, 0.25) is 0 Å². The number of hydrogen-bond donors (Lipinski definition) is 1. The highest BCUT2D eigenvalue weighted by Gasteiger charge is 2.15. The van der Waals surface area contributed by atoms with Crippen LogP contribution >= 0.6 is 11.8 Å². The first-order chi connectivity index (χ1) is 7.02. The Morgan fingerprint density at radius 2 is 2.20 bits per heavy atom. The highest BCUT2D eigenvalue weighted by molar-refractivity contribution is 7.99. The molecule has 0 radical (unpaired) electrons. The van der Waals surface area contributed by atoms with Crippen LogP contribution in [-0.2, 0) is 0 Å². The van der Waals surface area contributed by atoms with Crippen molar-refractivity contribution in [3.63, 3.8) is 0 Å². The second-order valence-corrected chi connectivity index (χ2v) is 4.68. The SMILES string of the molecule is CC(C)CSc1cccc(F)c1C(=O)O. The quantitative estimate of drug-likeness (QED) is 0.803. The first-order valence-electron chi connectivity index (χ1n) is 4.67. The molecule has 0 aromatic heterocycles. The summed E-state index contributed by atoms with van der Waals surface area (Å²) in [7, 11) is 0. The van der Waals surface area contributed by atoms with Gasteiger partial charge in [0.2, 0.25) is 0 Å². The molecule has 0 fully saturated rings. The Morgan fingerprint density at radius 3 is 2.73 bits per heavy atom. The summed E-state index contributed by atoms with van der Waals surface area (Å²) in [6.07, 6.45) is 0. The molecule has 0 amide bonds. The highest BCUT2D eigenvalue weighted by atomic mass is 32.2. The van der Waals surface area contributed by atoms with Crippen LogP contribution in [0.15, 0.2) is 23.1 Å². The van der Waals surface area contributed by atoms with Gasteiger partial charge in [0.15, 0.2) is 0 Å². The maximum atomic E-state index is 13.2. The molecule has 0 aliphatic heterocycles. The van der Waals surface area contributed by atoms with E-state index >= 15 is 0 Å². The van der Waals surface area contributed by atoms with Crippen molar-refractivity contribution in [2.45, 2.75) is 18.7 Å². The number of carbonyl (C=O) groups is 1. The summed E-state index contributed by atoms with van der Waals surface area (Å²) in [4.78, 5) is 11.3. The van der Waals surface area contributed by atoms with Crippen molar-refractivity contribution in [1.82, 2.24) is 0 Å². The molecule has 15 heavy (non-hydrogen) atoms. The van der Waals surface area contributed by atoms with Crippen molar-refractivity contribution in [2.24, 2.45) is 5.92 Å². The van der Waals surface area contributed by atoms with Crippen LogP contribution in [0.5, 0.6) is 0 Å². The van der Waals surface area contributed by atoms with Crippen LogP contribution in [0.4, 0.5) is 4.39 Å². The maximum absolute atomic E-state index is 13.2. The number of carboxylic acids is 1. The molecule has 0 bridgehead atoms. The number of benzene rings is 1. The molecule has 4 heteroatoms. The minimum absolute atomic E-state index is 0.219. The Morgan fingerprint density at radius 1 is 1.53 bits per heavy atom. The molecule has 1 N–H and O–H groups in total. The monoisotopic (exact) mass is 228 g/mol. The lowest BCUT2D eigenvalue weighted by molar-refractivity contribution is 0.0688. The molecule has 0 heterocycles. The molecule has 0 aliphatic carbocycles. The van der Waals surface area contributed by atoms with Crippen molar-refractivity contribution >= 4 is 17.7 Å². The zero-order chi connectivity index (χ0) is 11.4. The number of rotatable bonds is 4. The summed E-state index contributed by atoms with van der Waals surface area (Å²) < 4.78 is 13.2. The topological polar surface area (TPSA) is 37.3 Å². The average Bonchev–Trinajstić information content (AvgIpc) is 2.13. The van der Waals surface area contributed by atoms with E-state index in [4.69, 9.17) is 5.11 Å². The van der Waals surface area contributed by atoms with Gasteiger partial charge in [-0.2, -0.15) is 0 Å². The van der Waals surface area contributed by atoms with Gasteiger partial charge in [-0.1, -0.05) is 19.9 Å². The maximum Gasteiger partial charge on any atom is 0.339 e. The predicted molar refractivity (Wildman–Crippen MR) is 58.9 cm³/mol. The second-order valence-electron chi connectivity index (χ2n) is 3.62. The van der Waals surface area contributed by atoms with E-state index in [1.54, 1.807) is 6.07 Å². The van der Waals surface area contributed by atoms with E-state index in [1.807, 2.05) is 13.8 Å². The van der Waals surface area contributed by atoms with Crippen molar-refractivity contribution in [3.8, 4) is 0 Å². The lowest BCUT2D eigenvalue weighted by Gasteiger charge is -2.08. The molecule has 1 aromatic rings. The fourth-order valence-electron chi connectivity index (χ4n) is 1.09. The molecule has 1 aromatic carbocycles. The molecule has 0 spiro atoms. The van der Waals surface area contributed by atoms with Gasteiger partial charge in [0, 0.05) is 10.6 Å². The molecule has 0 unspecified atom stereocenters. The Labute approximate surface area is 92.5 Å². The molecular formula is C11H13FO2S. The zero-order valence-electron chi connectivity index (χ0n) is 8.66. The molecule has 1 rings (SSSR count). The summed E-state index contributed by atoms with van der Waals surface area (Å²) in [5.41, 5.74) is -0.219. The van der Waals surface area contributed by atoms with Crippen molar-refractivity contribution < 1.29 is 14.3 Å². The first-order valence-corrected chi connectivity index (χ1v) is 5.65. The number of thioether (sulfide) groups is 1. The van der Waals surface area contributed by atoms with Crippen LogP contribution in [-0.4, -0.2) is 16.8 Å². The fraction of sp³-hybridized carbons (Fsp3) is 0.364. The van der Waals surface area contributed by atoms with Crippen molar-refractivity contribution in [1.29, 1.82) is 0 Å². The third kappa shape index (κ3) is 3.23. The number of hydrogen-bond acceptors (Lipinski definition) is 2. The molecule has 2 nitrogen and oxygen atoms in total. The van der Waals surface area contributed by atoms with Gasteiger partial charge in [-0.3, -0.25) is 0 Å². The number of carboxylic acid groups (broad SMARTS) is 1. The Kier molecular flexibility index (Phi) is 4.15. The summed E-state index contributed by atoms with van der Waals surface area (Å²) in [6, 6.07) is 4.34. The van der Waals surface area contributed by atoms with E-state index in [2.05, 4.69) is 0 Å². The fourth-order valence-corrected chi connectivity index (χ4v) is 2.11. The third-order valence-electron chi connectivity index (χ3n) is 1.76. The van der Waals surface area contributed by atoms with Gasteiger partial charge >= 0.3 is 5.97 Å². The molecule has 0 atom stereocenters. The van der Waals surface area contributed by atoms with Crippen LogP contribution in [0.1, 0.15) is 24.2 Å². The van der Waals surface area contributed by atoms with Crippen LogP contribution in [0, 0.1) is 11.7 Å². The van der Waals surface area contributed by atoms with E-state index in [0.29, 0.717) is 10.8 Å². The summed E-state index contributed by atoms with van der Waals surface area (Å²) in [6.45, 7) is 4.07. The summed E-state index contributed by atoms with van der Waals surface area (Å²) in [5, 5.41) is 8.86. The van der Waals surface area contributed by atoms with E-state index < -0.39 is 11.8 Å². The lowest BCUT2D eigenvalue weighted by Crippen LogP contribution is -2.03. The lowest BCUT2D eigenvalue weighted by atomic mass is 10.2. The van der Waals surface area contributed by atoms with Gasteiger partial charge in [-0.05, 0) is 18.1 Å². The normalized spacial score (nSPS) is 10.7. The van der Waals surface area contributed by atoms with Crippen LogP contribution in [0.25, 0.3) is 0 Å². The Hall–Kier alpha value is -1.03. The molecule has 82 valence electrons. The highest BCUT2D eigenvalue weighted by Crippen LogP contribution is 2.26. The van der Waals surface area contributed by atoms with E-state index in [0.717, 1.165) is 5.75 Å². The zero-order valence-corrected chi connectivity index (χ0v) is 9.47. The Balaban J connectivity index is 2.96. The second kappa shape index (κ2) is 5.16. The van der Waals surface area contributed by atoms with Crippen molar-refractivity contribution in [2.75, 3.05) is 5.75 Å². The van der Waals surface area contributed by atoms with Gasteiger partial charge < -0.3 is 5.11 Å². The smallest absolute Gasteiger partial charge is 0.339 e. The predicted octanol–water partition coefficient (Wildman–Crippen LogP) is 3.27. The minimum atomic E-state index is -1.21. The largest absolute Gasteiger partial charge is 0.478 e. The Bertz CT molecular complexity index is 364. The van der Waals surface area contributed by atoms with Gasteiger partial charge in [0.05, 0.1) is 0 Å². The van der Waals surface area contributed by atoms with Gasteiger partial charge in [0.25, 0.3) is 0 Å². The van der Waals surface area contributed by atoms with Crippen molar-refractivity contribution in [3.05, 3.63) is 29.6 Å². The van der Waals surface area contributed by atoms with Gasteiger partial charge in [0.1, 0.15) is 11.4 Å². The molecule has 0 saturated heterocycles. The van der Waals surface area contributed by atoms with Gasteiger partial charge in [-0.25, -0.2) is 9.18 Å². The molecular weight excluding hydrogens is 215 g/mol. The number of halogens is 1. The van der Waals surface area contributed by atoms with E-state index in [9.17, 15) is 9.18 Å². The summed E-state index contributed by atoms with van der Waals surface area (Å²) >= 11 is 1.38. The average molecular weight is 228 g/mol. The first kappa shape index (κ1) is 12.0. The van der Waals surface area contributed by atoms with E-state index in [1.165, 1.54) is 23.9 Å².